The van der Waals surface area contributed by atoms with Gasteiger partial charge in [-0.05, 0) is 55.0 Å². The quantitative estimate of drug-likeness (QED) is 0.235. The molecule has 162 valence electrons. The summed E-state index contributed by atoms with van der Waals surface area (Å²) in [5, 5.41) is 12.7. The highest BCUT2D eigenvalue weighted by Gasteiger charge is 2.22. The van der Waals surface area contributed by atoms with Gasteiger partial charge in [0.25, 0.3) is 5.91 Å². The zero-order valence-electron chi connectivity index (χ0n) is 16.6. The molecule has 0 saturated heterocycles. The highest BCUT2D eigenvalue weighted by Crippen LogP contribution is 2.27. The van der Waals surface area contributed by atoms with Crippen LogP contribution in [-0.4, -0.2) is 30.9 Å². The molecule has 4 rings (SSSR count). The average Bonchev–Trinajstić information content (AvgIpc) is 3.18. The van der Waals surface area contributed by atoms with Crippen molar-refractivity contribution >= 4 is 62.5 Å². The van der Waals surface area contributed by atoms with E-state index in [0.717, 1.165) is 10.0 Å². The number of halogens is 3. The summed E-state index contributed by atoms with van der Waals surface area (Å²) in [5.41, 5.74) is 2.94. The maximum absolute atomic E-state index is 13.1. The van der Waals surface area contributed by atoms with Crippen LogP contribution in [-0.2, 0) is 5.75 Å². The van der Waals surface area contributed by atoms with Crippen LogP contribution in [0.3, 0.4) is 0 Å². The van der Waals surface area contributed by atoms with E-state index in [4.69, 9.17) is 23.2 Å². The zero-order chi connectivity index (χ0) is 22.7. The summed E-state index contributed by atoms with van der Waals surface area (Å²) in [6, 6.07) is 12.4. The predicted octanol–water partition coefficient (Wildman–Crippen LogP) is 5.98. The lowest BCUT2D eigenvalue weighted by molar-refractivity contribution is 0.102. The molecule has 0 aliphatic heterocycles. The van der Waals surface area contributed by atoms with Crippen molar-refractivity contribution in [1.29, 1.82) is 0 Å². The van der Waals surface area contributed by atoms with Crippen molar-refractivity contribution in [1.82, 2.24) is 25.0 Å². The second-order valence-electron chi connectivity index (χ2n) is 6.66. The van der Waals surface area contributed by atoms with Crippen molar-refractivity contribution in [3.63, 3.8) is 0 Å². The van der Waals surface area contributed by atoms with Crippen LogP contribution >= 0.6 is 50.9 Å². The molecule has 0 spiro atoms. The van der Waals surface area contributed by atoms with Crippen molar-refractivity contribution in [3.8, 4) is 5.69 Å². The van der Waals surface area contributed by atoms with Crippen molar-refractivity contribution in [2.45, 2.75) is 17.8 Å². The molecule has 0 fully saturated rings. The lowest BCUT2D eigenvalue weighted by atomic mass is 10.2. The fourth-order valence-electron chi connectivity index (χ4n) is 2.92. The Labute approximate surface area is 206 Å². The van der Waals surface area contributed by atoms with Gasteiger partial charge in [-0.2, -0.15) is 0 Å². The van der Waals surface area contributed by atoms with Gasteiger partial charge in [-0.3, -0.25) is 4.79 Å². The first-order valence-electron chi connectivity index (χ1n) is 9.29. The van der Waals surface area contributed by atoms with E-state index in [0.29, 0.717) is 38.0 Å². The van der Waals surface area contributed by atoms with Gasteiger partial charge >= 0.3 is 0 Å². The number of aromatic nitrogens is 5. The number of aryl methyl sites for hydroxylation is 1. The van der Waals surface area contributed by atoms with Crippen LogP contribution in [0, 0.1) is 6.92 Å². The van der Waals surface area contributed by atoms with Crippen molar-refractivity contribution in [3.05, 3.63) is 86.3 Å². The average molecular weight is 550 g/mol. The summed E-state index contributed by atoms with van der Waals surface area (Å²) in [7, 11) is 0. The SMILES string of the molecule is Cc1cc(Br)ccc1NC(=O)c1nnn(-c2cc(Cl)cc(Cl)c2)c1CSc1ncccn1. The van der Waals surface area contributed by atoms with E-state index in [9.17, 15) is 4.79 Å². The van der Waals surface area contributed by atoms with Crippen LogP contribution in [0.2, 0.25) is 10.0 Å². The second kappa shape index (κ2) is 9.99. The lowest BCUT2D eigenvalue weighted by Crippen LogP contribution is -2.16. The third-order valence-corrected chi connectivity index (χ3v) is 6.20. The smallest absolute Gasteiger partial charge is 0.278 e. The van der Waals surface area contributed by atoms with Crippen LogP contribution < -0.4 is 5.32 Å². The Morgan fingerprint density at radius 1 is 1.12 bits per heavy atom. The Kier molecular flexibility index (Phi) is 7.10. The molecule has 0 unspecified atom stereocenters. The number of carbonyl (C=O) groups is 1. The molecule has 4 aromatic rings. The Morgan fingerprint density at radius 3 is 2.53 bits per heavy atom. The lowest BCUT2D eigenvalue weighted by Gasteiger charge is -2.10. The molecule has 0 aliphatic rings. The third-order valence-electron chi connectivity index (χ3n) is 4.39. The Bertz CT molecular complexity index is 1260. The van der Waals surface area contributed by atoms with Crippen LogP contribution in [0.1, 0.15) is 21.7 Å². The molecule has 0 atom stereocenters. The summed E-state index contributed by atoms with van der Waals surface area (Å²) in [6.07, 6.45) is 3.32. The van der Waals surface area contributed by atoms with Gasteiger partial charge in [0.15, 0.2) is 10.9 Å². The standard InChI is InChI=1S/C21H15BrCl2N6OS/c1-12-7-13(22)3-4-17(12)27-20(31)19-18(11-32-21-25-5-2-6-26-21)30(29-28-19)16-9-14(23)8-15(24)10-16/h2-10H,11H2,1H3,(H,27,31). The van der Waals surface area contributed by atoms with E-state index in [1.54, 1.807) is 41.3 Å². The topological polar surface area (TPSA) is 85.6 Å². The number of hydrogen-bond acceptors (Lipinski definition) is 6. The predicted molar refractivity (Wildman–Crippen MR) is 130 cm³/mol. The first kappa shape index (κ1) is 22.7. The number of hydrogen-bond donors (Lipinski definition) is 1. The molecule has 1 amide bonds. The number of nitrogens with one attached hydrogen (secondary N) is 1. The molecule has 32 heavy (non-hydrogen) atoms. The van der Waals surface area contributed by atoms with Crippen LogP contribution in [0.4, 0.5) is 5.69 Å². The highest BCUT2D eigenvalue weighted by molar-refractivity contribution is 9.10. The molecular formula is C21H15BrCl2N6OS. The number of nitrogens with zero attached hydrogens (tertiary/aromatic N) is 5. The minimum Gasteiger partial charge on any atom is -0.320 e. The van der Waals surface area contributed by atoms with Gasteiger partial charge < -0.3 is 5.32 Å². The van der Waals surface area contributed by atoms with E-state index < -0.39 is 0 Å². The van der Waals surface area contributed by atoms with Gasteiger partial charge in [-0.25, -0.2) is 14.6 Å². The van der Waals surface area contributed by atoms with Crippen LogP contribution in [0.25, 0.3) is 5.69 Å². The van der Waals surface area contributed by atoms with Gasteiger partial charge in [-0.15, -0.1) is 5.10 Å². The van der Waals surface area contributed by atoms with Gasteiger partial charge in [0.2, 0.25) is 0 Å². The largest absolute Gasteiger partial charge is 0.320 e. The first-order valence-corrected chi connectivity index (χ1v) is 11.8. The number of carbonyl (C=O) groups excluding carboxylic acids is 1. The highest BCUT2D eigenvalue weighted by atomic mass is 79.9. The monoisotopic (exact) mass is 548 g/mol. The molecule has 0 bridgehead atoms. The molecule has 1 N–H and O–H groups in total. The maximum Gasteiger partial charge on any atom is 0.278 e. The Hall–Kier alpha value is -2.46. The van der Waals surface area contributed by atoms with E-state index in [1.165, 1.54) is 11.8 Å². The van der Waals surface area contributed by atoms with Crippen molar-refractivity contribution in [2.24, 2.45) is 0 Å². The molecule has 2 aromatic carbocycles. The number of benzene rings is 2. The van der Waals surface area contributed by atoms with Gasteiger partial charge in [0, 0.05) is 38.4 Å². The second-order valence-corrected chi connectivity index (χ2v) is 9.39. The molecule has 2 heterocycles. The number of amides is 1. The molecule has 0 radical (unpaired) electrons. The summed E-state index contributed by atoms with van der Waals surface area (Å²) in [6.45, 7) is 1.91. The maximum atomic E-state index is 13.1. The van der Waals surface area contributed by atoms with E-state index in [2.05, 4.69) is 41.5 Å². The fraction of sp³-hybridized carbons (Fsp3) is 0.0952. The normalized spacial score (nSPS) is 10.9. The summed E-state index contributed by atoms with van der Waals surface area (Å²) in [4.78, 5) is 21.6. The molecule has 11 heteroatoms. The summed E-state index contributed by atoms with van der Waals surface area (Å²) in [5.74, 6) is -0.0252. The van der Waals surface area contributed by atoms with E-state index in [1.807, 2.05) is 25.1 Å². The fourth-order valence-corrected chi connectivity index (χ4v) is 4.70. The number of thioether (sulfide) groups is 1. The molecular weight excluding hydrogens is 535 g/mol. The van der Waals surface area contributed by atoms with E-state index >= 15 is 0 Å². The van der Waals surface area contributed by atoms with Crippen LogP contribution in [0.5, 0.6) is 0 Å². The first-order chi connectivity index (χ1) is 15.4. The zero-order valence-corrected chi connectivity index (χ0v) is 20.5. The molecule has 0 aliphatic carbocycles. The molecule has 2 aromatic heterocycles. The van der Waals surface area contributed by atoms with Crippen LogP contribution in [0.15, 0.2) is 64.5 Å². The number of anilines is 1. The summed E-state index contributed by atoms with van der Waals surface area (Å²) < 4.78 is 2.48. The molecule has 7 nitrogen and oxygen atoms in total. The van der Waals surface area contributed by atoms with Gasteiger partial charge in [0.1, 0.15) is 0 Å². The summed E-state index contributed by atoms with van der Waals surface area (Å²) >= 11 is 17.1. The number of rotatable bonds is 6. The third kappa shape index (κ3) is 5.29. The molecule has 0 saturated carbocycles. The van der Waals surface area contributed by atoms with Crippen molar-refractivity contribution < 1.29 is 4.79 Å². The minimum atomic E-state index is -0.376. The minimum absolute atomic E-state index is 0.187. The van der Waals surface area contributed by atoms with Gasteiger partial charge in [-0.1, -0.05) is 56.1 Å². The van der Waals surface area contributed by atoms with E-state index in [-0.39, 0.29) is 11.6 Å². The van der Waals surface area contributed by atoms with Gasteiger partial charge in [0.05, 0.1) is 11.4 Å². The Morgan fingerprint density at radius 2 is 1.84 bits per heavy atom. The Balaban J connectivity index is 1.70. The van der Waals surface area contributed by atoms with Crippen molar-refractivity contribution in [2.75, 3.05) is 5.32 Å².